The zero-order valence-electron chi connectivity index (χ0n) is 16.5. The third kappa shape index (κ3) is 3.63. The van der Waals surface area contributed by atoms with Crippen LogP contribution in [-0.4, -0.2) is 51.2 Å². The molecule has 2 aliphatic heterocycles. The third-order valence-electron chi connectivity index (χ3n) is 5.93. The van der Waals surface area contributed by atoms with Crippen LogP contribution in [-0.2, 0) is 22.6 Å². The monoisotopic (exact) mass is 378 g/mol. The first kappa shape index (κ1) is 18.6. The van der Waals surface area contributed by atoms with Crippen molar-refractivity contribution in [2.45, 2.75) is 45.1 Å². The van der Waals surface area contributed by atoms with E-state index in [4.69, 9.17) is 4.98 Å². The number of rotatable bonds is 3. The van der Waals surface area contributed by atoms with Crippen LogP contribution in [0.5, 0.6) is 0 Å². The van der Waals surface area contributed by atoms with Crippen LogP contribution in [0.25, 0.3) is 0 Å². The number of nitrogens with zero attached hydrogens (tertiary/aromatic N) is 4. The average Bonchev–Trinajstić information content (AvgIpc) is 3.22. The van der Waals surface area contributed by atoms with Crippen molar-refractivity contribution >= 4 is 11.8 Å². The summed E-state index contributed by atoms with van der Waals surface area (Å²) in [6, 6.07) is 9.93. The molecule has 1 aromatic heterocycles. The molecule has 1 fully saturated rings. The first-order chi connectivity index (χ1) is 13.5. The molecule has 146 valence electrons. The van der Waals surface area contributed by atoms with Crippen LogP contribution in [0.4, 0.5) is 0 Å². The van der Waals surface area contributed by atoms with Gasteiger partial charge < -0.3 is 9.80 Å². The smallest absolute Gasteiger partial charge is 0.229 e. The lowest BCUT2D eigenvalue weighted by Gasteiger charge is -2.27. The van der Waals surface area contributed by atoms with Gasteiger partial charge in [0.15, 0.2) is 0 Å². The Labute approximate surface area is 165 Å². The van der Waals surface area contributed by atoms with E-state index in [2.05, 4.69) is 4.98 Å². The minimum Gasteiger partial charge on any atom is -0.341 e. The Bertz CT molecular complexity index is 883. The van der Waals surface area contributed by atoms with Gasteiger partial charge in [0.2, 0.25) is 11.8 Å². The van der Waals surface area contributed by atoms with Gasteiger partial charge in [-0.3, -0.25) is 9.59 Å². The molecular weight excluding hydrogens is 352 g/mol. The maximum Gasteiger partial charge on any atom is 0.229 e. The van der Waals surface area contributed by atoms with Crippen molar-refractivity contribution in [2.24, 2.45) is 0 Å². The number of aromatic nitrogens is 2. The van der Waals surface area contributed by atoms with E-state index in [9.17, 15) is 9.59 Å². The van der Waals surface area contributed by atoms with Gasteiger partial charge in [-0.2, -0.15) is 0 Å². The SMILES string of the molecule is CC(=O)N1CCc2nc([C@H]3CCN(C(=O)[C@@H](C)c4ccccc4)C3)ncc2C1. The Hall–Kier alpha value is -2.76. The maximum absolute atomic E-state index is 12.9. The summed E-state index contributed by atoms with van der Waals surface area (Å²) >= 11 is 0. The van der Waals surface area contributed by atoms with Crippen LogP contribution in [0.3, 0.4) is 0 Å². The summed E-state index contributed by atoms with van der Waals surface area (Å²) in [5, 5.41) is 0. The van der Waals surface area contributed by atoms with Gasteiger partial charge in [0, 0.05) is 57.2 Å². The van der Waals surface area contributed by atoms with Crippen molar-refractivity contribution < 1.29 is 9.59 Å². The second kappa shape index (κ2) is 7.70. The van der Waals surface area contributed by atoms with Crippen LogP contribution in [0, 0.1) is 0 Å². The molecule has 2 atom stereocenters. The Morgan fingerprint density at radius 1 is 1.14 bits per heavy atom. The lowest BCUT2D eigenvalue weighted by atomic mass is 10.00. The number of hydrogen-bond acceptors (Lipinski definition) is 4. The highest BCUT2D eigenvalue weighted by Gasteiger charge is 2.32. The molecule has 1 saturated heterocycles. The van der Waals surface area contributed by atoms with Gasteiger partial charge in [-0.05, 0) is 18.9 Å². The standard InChI is InChI=1S/C22H26N4O2/c1-15(17-6-4-3-5-7-17)22(28)26-10-8-18(13-26)21-23-12-19-14-25(16(2)27)11-9-20(19)24-21/h3-7,12,15,18H,8-11,13-14H2,1-2H3/t15-,18-/m0/s1. The zero-order valence-corrected chi connectivity index (χ0v) is 16.5. The van der Waals surface area contributed by atoms with Gasteiger partial charge >= 0.3 is 0 Å². The van der Waals surface area contributed by atoms with Gasteiger partial charge in [-0.1, -0.05) is 30.3 Å². The van der Waals surface area contributed by atoms with Gasteiger partial charge in [-0.15, -0.1) is 0 Å². The Morgan fingerprint density at radius 3 is 2.68 bits per heavy atom. The summed E-state index contributed by atoms with van der Waals surface area (Å²) in [4.78, 5) is 37.6. The topological polar surface area (TPSA) is 66.4 Å². The maximum atomic E-state index is 12.9. The first-order valence-corrected chi connectivity index (χ1v) is 9.97. The van der Waals surface area contributed by atoms with Crippen molar-refractivity contribution in [2.75, 3.05) is 19.6 Å². The van der Waals surface area contributed by atoms with E-state index >= 15 is 0 Å². The molecular formula is C22H26N4O2. The van der Waals surface area contributed by atoms with Crippen LogP contribution < -0.4 is 0 Å². The molecule has 2 aromatic rings. The quantitative estimate of drug-likeness (QED) is 0.823. The molecule has 0 unspecified atom stereocenters. The third-order valence-corrected chi connectivity index (χ3v) is 5.93. The van der Waals surface area contributed by atoms with Crippen molar-refractivity contribution in [3.05, 3.63) is 59.2 Å². The molecule has 2 amide bonds. The van der Waals surface area contributed by atoms with Gasteiger partial charge in [-0.25, -0.2) is 9.97 Å². The molecule has 0 saturated carbocycles. The summed E-state index contributed by atoms with van der Waals surface area (Å²) in [5.74, 6) is 1.14. The van der Waals surface area contributed by atoms with Crippen molar-refractivity contribution in [3.63, 3.8) is 0 Å². The fraction of sp³-hybridized carbons (Fsp3) is 0.455. The molecule has 4 rings (SSSR count). The fourth-order valence-corrected chi connectivity index (χ4v) is 4.13. The van der Waals surface area contributed by atoms with Gasteiger partial charge in [0.25, 0.3) is 0 Å². The van der Waals surface area contributed by atoms with Crippen molar-refractivity contribution in [3.8, 4) is 0 Å². The lowest BCUT2D eigenvalue weighted by molar-refractivity contribution is -0.131. The number of carbonyl (C=O) groups excluding carboxylic acids is 2. The summed E-state index contributed by atoms with van der Waals surface area (Å²) in [7, 11) is 0. The van der Waals surface area contributed by atoms with Gasteiger partial charge in [0.05, 0.1) is 11.6 Å². The first-order valence-electron chi connectivity index (χ1n) is 9.97. The second-order valence-electron chi connectivity index (χ2n) is 7.79. The Balaban J connectivity index is 1.43. The van der Waals surface area contributed by atoms with E-state index in [0.717, 1.165) is 42.0 Å². The molecule has 0 aliphatic carbocycles. The zero-order chi connectivity index (χ0) is 19.7. The summed E-state index contributed by atoms with van der Waals surface area (Å²) in [6.07, 6.45) is 3.53. The number of fused-ring (bicyclic) bond motifs is 1. The van der Waals surface area contributed by atoms with Crippen molar-refractivity contribution in [1.29, 1.82) is 0 Å². The average molecular weight is 378 g/mol. The normalized spacial score (nSPS) is 20.0. The van der Waals surface area contributed by atoms with E-state index in [-0.39, 0.29) is 23.7 Å². The Kier molecular flexibility index (Phi) is 5.11. The largest absolute Gasteiger partial charge is 0.341 e. The molecule has 6 nitrogen and oxygen atoms in total. The molecule has 3 heterocycles. The van der Waals surface area contributed by atoms with Crippen LogP contribution in [0.2, 0.25) is 0 Å². The van der Waals surface area contributed by atoms with E-state index in [1.54, 1.807) is 6.92 Å². The number of likely N-dealkylation sites (tertiary alicyclic amines) is 1. The minimum atomic E-state index is -0.137. The van der Waals surface area contributed by atoms with E-state index in [1.165, 1.54) is 0 Å². The number of carbonyl (C=O) groups is 2. The summed E-state index contributed by atoms with van der Waals surface area (Å²) < 4.78 is 0. The molecule has 0 bridgehead atoms. The number of amides is 2. The molecule has 0 N–H and O–H groups in total. The molecule has 2 aliphatic rings. The number of benzene rings is 1. The summed E-state index contributed by atoms with van der Waals surface area (Å²) in [5.41, 5.74) is 3.13. The predicted octanol–water partition coefficient (Wildman–Crippen LogP) is 2.50. The van der Waals surface area contributed by atoms with Crippen LogP contribution in [0.1, 0.15) is 54.7 Å². The highest BCUT2D eigenvalue weighted by Crippen LogP contribution is 2.29. The van der Waals surface area contributed by atoms with Crippen LogP contribution >= 0.6 is 0 Å². The fourth-order valence-electron chi connectivity index (χ4n) is 4.13. The van der Waals surface area contributed by atoms with Crippen molar-refractivity contribution in [1.82, 2.24) is 19.8 Å². The lowest BCUT2D eigenvalue weighted by Crippen LogP contribution is -2.35. The molecule has 0 radical (unpaired) electrons. The Morgan fingerprint density at radius 2 is 1.93 bits per heavy atom. The second-order valence-corrected chi connectivity index (χ2v) is 7.79. The number of hydrogen-bond donors (Lipinski definition) is 0. The molecule has 6 heteroatoms. The summed E-state index contributed by atoms with van der Waals surface area (Å²) in [6.45, 7) is 6.30. The van der Waals surface area contributed by atoms with E-state index < -0.39 is 0 Å². The van der Waals surface area contributed by atoms with Gasteiger partial charge in [0.1, 0.15) is 5.82 Å². The van der Waals surface area contributed by atoms with E-state index in [1.807, 2.05) is 53.3 Å². The minimum absolute atomic E-state index is 0.0900. The highest BCUT2D eigenvalue weighted by molar-refractivity contribution is 5.83. The molecule has 28 heavy (non-hydrogen) atoms. The van der Waals surface area contributed by atoms with Crippen LogP contribution in [0.15, 0.2) is 36.5 Å². The highest BCUT2D eigenvalue weighted by atomic mass is 16.2. The molecule has 0 spiro atoms. The van der Waals surface area contributed by atoms with E-state index in [0.29, 0.717) is 19.6 Å². The molecule has 1 aromatic carbocycles. The predicted molar refractivity (Wildman–Crippen MR) is 106 cm³/mol.